The Bertz CT molecular complexity index is 690. The van der Waals surface area contributed by atoms with Crippen molar-refractivity contribution in [3.63, 3.8) is 0 Å². The number of nitrogens with one attached hydrogen (secondary N) is 1. The van der Waals surface area contributed by atoms with E-state index >= 15 is 0 Å². The van der Waals surface area contributed by atoms with Crippen molar-refractivity contribution in [3.05, 3.63) is 70.8 Å². The van der Waals surface area contributed by atoms with Crippen LogP contribution in [0.25, 0.3) is 0 Å². The molecule has 0 bridgehead atoms. The molecule has 2 rings (SSSR count). The second-order valence-corrected chi connectivity index (χ2v) is 6.10. The van der Waals surface area contributed by atoms with Crippen molar-refractivity contribution < 1.29 is 14.7 Å². The molecule has 4 nitrogen and oxygen atoms in total. The molecule has 0 aromatic heterocycles. The molecular formula is C20H23NO3. The second-order valence-electron chi connectivity index (χ2n) is 6.10. The summed E-state index contributed by atoms with van der Waals surface area (Å²) in [6.07, 6.45) is 1.00. The monoisotopic (exact) mass is 325 g/mol. The second kappa shape index (κ2) is 8.29. The van der Waals surface area contributed by atoms with E-state index in [-0.39, 0.29) is 12.5 Å². The highest BCUT2D eigenvalue weighted by molar-refractivity contribution is 5.80. The van der Waals surface area contributed by atoms with Crippen LogP contribution in [0.5, 0.6) is 0 Å². The number of carbonyl (C=O) groups excluding carboxylic acids is 1. The number of aryl methyl sites for hydroxylation is 3. The molecule has 0 heterocycles. The summed E-state index contributed by atoms with van der Waals surface area (Å²) in [5.74, 6) is -1.79. The number of carboxylic acid groups (broad SMARTS) is 1. The van der Waals surface area contributed by atoms with Crippen LogP contribution < -0.4 is 5.32 Å². The highest BCUT2D eigenvalue weighted by atomic mass is 16.4. The van der Waals surface area contributed by atoms with Crippen LogP contribution in [0.3, 0.4) is 0 Å². The van der Waals surface area contributed by atoms with Crippen LogP contribution in [-0.2, 0) is 16.0 Å². The average Bonchev–Trinajstić information content (AvgIpc) is 2.53. The third-order valence-corrected chi connectivity index (χ3v) is 3.93. The quantitative estimate of drug-likeness (QED) is 0.821. The van der Waals surface area contributed by atoms with Gasteiger partial charge in [0.2, 0.25) is 5.91 Å². The average molecular weight is 325 g/mol. The van der Waals surface area contributed by atoms with E-state index in [4.69, 9.17) is 0 Å². The zero-order chi connectivity index (χ0) is 17.5. The van der Waals surface area contributed by atoms with Gasteiger partial charge in [0.1, 0.15) is 0 Å². The molecule has 1 amide bonds. The third-order valence-electron chi connectivity index (χ3n) is 3.93. The molecule has 1 unspecified atom stereocenters. The molecule has 0 spiro atoms. The molecule has 0 saturated heterocycles. The molecule has 126 valence electrons. The highest BCUT2D eigenvalue weighted by Crippen LogP contribution is 2.15. The topological polar surface area (TPSA) is 66.4 Å². The number of carboxylic acids is 1. The van der Waals surface area contributed by atoms with Crippen molar-refractivity contribution in [3.8, 4) is 0 Å². The number of rotatable bonds is 7. The van der Waals surface area contributed by atoms with Crippen LogP contribution in [0.1, 0.15) is 34.6 Å². The van der Waals surface area contributed by atoms with Crippen LogP contribution in [0, 0.1) is 13.8 Å². The van der Waals surface area contributed by atoms with E-state index in [0.29, 0.717) is 18.4 Å². The Morgan fingerprint density at radius 3 is 2.25 bits per heavy atom. The lowest BCUT2D eigenvalue weighted by Crippen LogP contribution is -2.31. The zero-order valence-electron chi connectivity index (χ0n) is 14.1. The van der Waals surface area contributed by atoms with E-state index in [9.17, 15) is 14.7 Å². The Morgan fingerprint density at radius 1 is 1.04 bits per heavy atom. The van der Waals surface area contributed by atoms with Gasteiger partial charge in [-0.3, -0.25) is 9.59 Å². The maximum Gasteiger partial charge on any atom is 0.312 e. The summed E-state index contributed by atoms with van der Waals surface area (Å²) in [5, 5.41) is 12.1. The van der Waals surface area contributed by atoms with Crippen molar-refractivity contribution >= 4 is 11.9 Å². The van der Waals surface area contributed by atoms with Crippen molar-refractivity contribution in [2.24, 2.45) is 0 Å². The maximum atomic E-state index is 12.0. The van der Waals surface area contributed by atoms with Crippen LogP contribution in [-0.4, -0.2) is 23.5 Å². The molecule has 0 aliphatic carbocycles. The first-order chi connectivity index (χ1) is 11.5. The Kier molecular flexibility index (Phi) is 6.13. The third kappa shape index (κ3) is 5.23. The molecule has 0 saturated carbocycles. The van der Waals surface area contributed by atoms with Crippen molar-refractivity contribution in [2.45, 2.75) is 32.6 Å². The summed E-state index contributed by atoms with van der Waals surface area (Å²) in [5.41, 5.74) is 4.18. The standard InChI is InChI=1S/C20H23NO3/c1-14-10-15(2)12-16(11-14)8-9-19(22)21-13-18(20(23)24)17-6-4-3-5-7-17/h3-7,10-12,18H,8-9,13H2,1-2H3,(H,21,22)(H,23,24). The van der Waals surface area contributed by atoms with Gasteiger partial charge in [0.15, 0.2) is 0 Å². The highest BCUT2D eigenvalue weighted by Gasteiger charge is 2.20. The SMILES string of the molecule is Cc1cc(C)cc(CCC(=O)NCC(C(=O)O)c2ccccc2)c1. The summed E-state index contributed by atoms with van der Waals surface area (Å²) in [4.78, 5) is 23.5. The molecule has 2 N–H and O–H groups in total. The van der Waals surface area contributed by atoms with Gasteiger partial charge in [0.05, 0.1) is 5.92 Å². The number of aliphatic carboxylic acids is 1. The lowest BCUT2D eigenvalue weighted by atomic mass is 9.99. The minimum atomic E-state index is -0.934. The first-order valence-corrected chi connectivity index (χ1v) is 8.07. The number of hydrogen-bond acceptors (Lipinski definition) is 2. The molecule has 1 atom stereocenters. The van der Waals surface area contributed by atoms with Crippen LogP contribution in [0.15, 0.2) is 48.5 Å². The van der Waals surface area contributed by atoms with Gasteiger partial charge in [-0.15, -0.1) is 0 Å². The van der Waals surface area contributed by atoms with Crippen LogP contribution >= 0.6 is 0 Å². The normalized spacial score (nSPS) is 11.8. The first-order valence-electron chi connectivity index (χ1n) is 8.07. The summed E-state index contributed by atoms with van der Waals surface area (Å²) in [6.45, 7) is 4.17. The molecule has 24 heavy (non-hydrogen) atoms. The summed E-state index contributed by atoms with van der Waals surface area (Å²) in [7, 11) is 0. The predicted molar refractivity (Wildman–Crippen MR) is 94.1 cm³/mol. The van der Waals surface area contributed by atoms with E-state index in [2.05, 4.69) is 23.5 Å². The van der Waals surface area contributed by atoms with Gasteiger partial charge in [0, 0.05) is 13.0 Å². The van der Waals surface area contributed by atoms with Gasteiger partial charge in [0.25, 0.3) is 0 Å². The van der Waals surface area contributed by atoms with Gasteiger partial charge in [-0.25, -0.2) is 0 Å². The lowest BCUT2D eigenvalue weighted by Gasteiger charge is -2.14. The summed E-state index contributed by atoms with van der Waals surface area (Å²) < 4.78 is 0. The Hall–Kier alpha value is -2.62. The zero-order valence-corrected chi connectivity index (χ0v) is 14.1. The molecule has 2 aromatic rings. The van der Waals surface area contributed by atoms with Crippen molar-refractivity contribution in [1.29, 1.82) is 0 Å². The maximum absolute atomic E-state index is 12.0. The fourth-order valence-electron chi connectivity index (χ4n) is 2.81. The fraction of sp³-hybridized carbons (Fsp3) is 0.300. The molecule has 2 aromatic carbocycles. The van der Waals surface area contributed by atoms with Gasteiger partial charge >= 0.3 is 5.97 Å². The van der Waals surface area contributed by atoms with Gasteiger partial charge in [-0.1, -0.05) is 59.7 Å². The van der Waals surface area contributed by atoms with Crippen LogP contribution in [0.2, 0.25) is 0 Å². The minimum Gasteiger partial charge on any atom is -0.481 e. The molecular weight excluding hydrogens is 302 g/mol. The fourth-order valence-corrected chi connectivity index (χ4v) is 2.81. The van der Waals surface area contributed by atoms with E-state index in [1.165, 1.54) is 11.1 Å². The van der Waals surface area contributed by atoms with E-state index in [0.717, 1.165) is 5.56 Å². The number of amides is 1. The Balaban J connectivity index is 1.88. The van der Waals surface area contributed by atoms with E-state index in [1.807, 2.05) is 19.9 Å². The molecule has 0 radical (unpaired) electrons. The molecule has 0 fully saturated rings. The molecule has 0 aliphatic rings. The van der Waals surface area contributed by atoms with Crippen molar-refractivity contribution in [2.75, 3.05) is 6.54 Å². The summed E-state index contributed by atoms with van der Waals surface area (Å²) >= 11 is 0. The molecule has 0 aliphatic heterocycles. The van der Waals surface area contributed by atoms with E-state index in [1.54, 1.807) is 24.3 Å². The Labute approximate surface area is 142 Å². The number of hydrogen-bond donors (Lipinski definition) is 2. The Morgan fingerprint density at radius 2 is 1.67 bits per heavy atom. The van der Waals surface area contributed by atoms with Crippen LogP contribution in [0.4, 0.5) is 0 Å². The lowest BCUT2D eigenvalue weighted by molar-refractivity contribution is -0.138. The number of carbonyl (C=O) groups is 2. The van der Waals surface area contributed by atoms with Gasteiger partial charge < -0.3 is 10.4 Å². The largest absolute Gasteiger partial charge is 0.481 e. The predicted octanol–water partition coefficient (Wildman–Crippen LogP) is 3.22. The molecule has 4 heteroatoms. The van der Waals surface area contributed by atoms with Gasteiger partial charge in [-0.05, 0) is 31.4 Å². The smallest absolute Gasteiger partial charge is 0.312 e. The minimum absolute atomic E-state index is 0.102. The first kappa shape index (κ1) is 17.7. The van der Waals surface area contributed by atoms with E-state index < -0.39 is 11.9 Å². The number of benzene rings is 2. The van der Waals surface area contributed by atoms with Gasteiger partial charge in [-0.2, -0.15) is 0 Å². The summed E-state index contributed by atoms with van der Waals surface area (Å²) in [6, 6.07) is 15.2. The van der Waals surface area contributed by atoms with Crippen molar-refractivity contribution in [1.82, 2.24) is 5.32 Å².